The van der Waals surface area contributed by atoms with Gasteiger partial charge in [0, 0.05) is 18.8 Å². The first-order valence-corrected chi connectivity index (χ1v) is 7.64. The smallest absolute Gasteiger partial charge is 0.106 e. The molecule has 3 aromatic rings. The summed E-state index contributed by atoms with van der Waals surface area (Å²) in [7, 11) is 1.89. The lowest BCUT2D eigenvalue weighted by Gasteiger charge is -1.95. The molecule has 0 saturated heterocycles. The van der Waals surface area contributed by atoms with Gasteiger partial charge in [-0.05, 0) is 40.0 Å². The van der Waals surface area contributed by atoms with Crippen molar-refractivity contribution in [2.75, 3.05) is 0 Å². The summed E-state index contributed by atoms with van der Waals surface area (Å²) in [6.45, 7) is 2.16. The van der Waals surface area contributed by atoms with Crippen LogP contribution in [0.25, 0.3) is 11.3 Å². The van der Waals surface area contributed by atoms with E-state index in [1.54, 1.807) is 10.9 Å². The second kappa shape index (κ2) is 7.74. The fraction of sp³-hybridized carbons (Fsp3) is 0.176. The van der Waals surface area contributed by atoms with Gasteiger partial charge in [-0.25, -0.2) is 4.98 Å². The van der Waals surface area contributed by atoms with Gasteiger partial charge in [-0.1, -0.05) is 43.3 Å². The van der Waals surface area contributed by atoms with Gasteiger partial charge in [-0.3, -0.25) is 4.68 Å². The summed E-state index contributed by atoms with van der Waals surface area (Å²) in [5, 5.41) is 4.08. The van der Waals surface area contributed by atoms with Crippen molar-refractivity contribution < 1.29 is 0 Å². The first-order chi connectivity index (χ1) is 10.2. The molecule has 0 radical (unpaired) electrons. The molecule has 0 amide bonds. The fourth-order valence-electron chi connectivity index (χ4n) is 1.84. The van der Waals surface area contributed by atoms with Crippen LogP contribution in [-0.4, -0.2) is 14.8 Å². The number of hydrogen-bond donors (Lipinski definition) is 0. The Morgan fingerprint density at radius 2 is 1.81 bits per heavy atom. The highest BCUT2D eigenvalue weighted by Gasteiger charge is 2.01. The van der Waals surface area contributed by atoms with Crippen molar-refractivity contribution in [1.29, 1.82) is 0 Å². The highest BCUT2D eigenvalue weighted by Crippen LogP contribution is 2.17. The van der Waals surface area contributed by atoms with E-state index < -0.39 is 0 Å². The number of aryl methyl sites for hydroxylation is 2. The molecule has 0 N–H and O–H groups in total. The van der Waals surface area contributed by atoms with Gasteiger partial charge in [-0.15, -0.1) is 0 Å². The van der Waals surface area contributed by atoms with Gasteiger partial charge in [0.05, 0.1) is 11.9 Å². The molecule has 2 aromatic heterocycles. The summed E-state index contributed by atoms with van der Waals surface area (Å²) >= 11 is 3.33. The molecular formula is C17H18BrN3. The topological polar surface area (TPSA) is 30.7 Å². The highest BCUT2D eigenvalue weighted by atomic mass is 79.9. The zero-order valence-electron chi connectivity index (χ0n) is 12.2. The SMILES string of the molecule is CCc1ccccc1.Cn1cc(-c2cccc(Br)n2)cn1. The van der Waals surface area contributed by atoms with Gasteiger partial charge in [0.1, 0.15) is 4.60 Å². The second-order valence-corrected chi connectivity index (χ2v) is 5.40. The number of aromatic nitrogens is 3. The third kappa shape index (κ3) is 4.83. The lowest BCUT2D eigenvalue weighted by molar-refractivity contribution is 0.768. The average molecular weight is 344 g/mol. The average Bonchev–Trinajstić information content (AvgIpc) is 2.95. The van der Waals surface area contributed by atoms with Crippen LogP contribution in [0.5, 0.6) is 0 Å². The molecule has 0 saturated carbocycles. The van der Waals surface area contributed by atoms with Crippen LogP contribution in [-0.2, 0) is 13.5 Å². The van der Waals surface area contributed by atoms with E-state index >= 15 is 0 Å². The zero-order chi connectivity index (χ0) is 15.1. The van der Waals surface area contributed by atoms with E-state index in [9.17, 15) is 0 Å². The highest BCUT2D eigenvalue weighted by molar-refractivity contribution is 9.10. The van der Waals surface area contributed by atoms with Crippen LogP contribution in [0.1, 0.15) is 12.5 Å². The monoisotopic (exact) mass is 343 g/mol. The van der Waals surface area contributed by atoms with E-state index in [1.165, 1.54) is 5.56 Å². The van der Waals surface area contributed by atoms with E-state index in [0.29, 0.717) is 0 Å². The maximum absolute atomic E-state index is 4.32. The lowest BCUT2D eigenvalue weighted by atomic mass is 10.2. The molecule has 0 aliphatic heterocycles. The molecule has 21 heavy (non-hydrogen) atoms. The largest absolute Gasteiger partial charge is 0.275 e. The van der Waals surface area contributed by atoms with Crippen LogP contribution in [0, 0.1) is 0 Å². The lowest BCUT2D eigenvalue weighted by Crippen LogP contribution is -1.84. The first-order valence-electron chi connectivity index (χ1n) is 6.84. The molecule has 1 aromatic carbocycles. The minimum Gasteiger partial charge on any atom is -0.275 e. The third-order valence-electron chi connectivity index (χ3n) is 2.97. The maximum atomic E-state index is 4.32. The number of hydrogen-bond acceptors (Lipinski definition) is 2. The summed E-state index contributed by atoms with van der Waals surface area (Å²) in [6.07, 6.45) is 4.88. The molecular weight excluding hydrogens is 326 g/mol. The van der Waals surface area contributed by atoms with Crippen molar-refractivity contribution in [3.63, 3.8) is 0 Å². The second-order valence-electron chi connectivity index (χ2n) is 4.59. The van der Waals surface area contributed by atoms with Crippen LogP contribution in [0.15, 0.2) is 65.5 Å². The summed E-state index contributed by atoms with van der Waals surface area (Å²) < 4.78 is 2.60. The van der Waals surface area contributed by atoms with Crippen molar-refractivity contribution in [3.05, 3.63) is 71.1 Å². The van der Waals surface area contributed by atoms with E-state index in [1.807, 2.05) is 37.5 Å². The molecule has 0 aliphatic carbocycles. The molecule has 0 aliphatic rings. The predicted molar refractivity (Wildman–Crippen MR) is 90.0 cm³/mol. The van der Waals surface area contributed by atoms with Crippen molar-refractivity contribution >= 4 is 15.9 Å². The Hall–Kier alpha value is -1.94. The molecule has 4 heteroatoms. The van der Waals surface area contributed by atoms with Gasteiger partial charge in [-0.2, -0.15) is 5.10 Å². The minimum atomic E-state index is 0.842. The molecule has 0 fully saturated rings. The number of pyridine rings is 1. The van der Waals surface area contributed by atoms with Crippen LogP contribution in [0.4, 0.5) is 0 Å². The van der Waals surface area contributed by atoms with Crippen LogP contribution >= 0.6 is 15.9 Å². The molecule has 0 bridgehead atoms. The van der Waals surface area contributed by atoms with Gasteiger partial charge in [0.2, 0.25) is 0 Å². The molecule has 0 atom stereocenters. The Bertz CT molecular complexity index is 677. The predicted octanol–water partition coefficient (Wildman–Crippen LogP) is 4.49. The molecule has 2 heterocycles. The van der Waals surface area contributed by atoms with Gasteiger partial charge in [0.15, 0.2) is 0 Å². The van der Waals surface area contributed by atoms with Gasteiger partial charge >= 0.3 is 0 Å². The van der Waals surface area contributed by atoms with E-state index in [-0.39, 0.29) is 0 Å². The first kappa shape index (κ1) is 15.4. The maximum Gasteiger partial charge on any atom is 0.106 e. The quantitative estimate of drug-likeness (QED) is 0.641. The number of rotatable bonds is 2. The summed E-state index contributed by atoms with van der Waals surface area (Å²) in [6, 6.07) is 16.3. The number of nitrogens with zero attached hydrogens (tertiary/aromatic N) is 3. The number of halogens is 1. The van der Waals surface area contributed by atoms with Crippen LogP contribution < -0.4 is 0 Å². The van der Waals surface area contributed by atoms with E-state index in [4.69, 9.17) is 0 Å². The molecule has 3 rings (SSSR count). The van der Waals surface area contributed by atoms with Crippen LogP contribution in [0.3, 0.4) is 0 Å². The Kier molecular flexibility index (Phi) is 5.69. The minimum absolute atomic E-state index is 0.842. The summed E-state index contributed by atoms with van der Waals surface area (Å²) in [4.78, 5) is 4.32. The molecule has 108 valence electrons. The Balaban J connectivity index is 0.000000173. The summed E-state index contributed by atoms with van der Waals surface area (Å²) in [5.74, 6) is 0. The Morgan fingerprint density at radius 1 is 1.05 bits per heavy atom. The van der Waals surface area contributed by atoms with Gasteiger partial charge in [0.25, 0.3) is 0 Å². The van der Waals surface area contributed by atoms with Crippen molar-refractivity contribution in [3.8, 4) is 11.3 Å². The Morgan fingerprint density at radius 3 is 2.33 bits per heavy atom. The van der Waals surface area contributed by atoms with Crippen LogP contribution in [0.2, 0.25) is 0 Å². The zero-order valence-corrected chi connectivity index (χ0v) is 13.8. The van der Waals surface area contributed by atoms with Crippen molar-refractivity contribution in [1.82, 2.24) is 14.8 Å². The van der Waals surface area contributed by atoms with E-state index in [2.05, 4.69) is 57.2 Å². The summed E-state index contributed by atoms with van der Waals surface area (Å²) in [5.41, 5.74) is 3.37. The molecule has 3 nitrogen and oxygen atoms in total. The molecule has 0 unspecified atom stereocenters. The standard InChI is InChI=1S/C9H8BrN3.C8H10/c1-13-6-7(5-11-13)8-3-2-4-9(10)12-8;1-2-8-6-4-3-5-7-8/h2-6H,1H3;3-7H,2H2,1H3. The van der Waals surface area contributed by atoms with E-state index in [0.717, 1.165) is 22.3 Å². The normalized spacial score (nSPS) is 9.86. The third-order valence-corrected chi connectivity index (χ3v) is 3.41. The number of benzene rings is 1. The molecule has 0 spiro atoms. The van der Waals surface area contributed by atoms with Gasteiger partial charge < -0.3 is 0 Å². The van der Waals surface area contributed by atoms with Crippen molar-refractivity contribution in [2.24, 2.45) is 7.05 Å². The Labute approximate surface area is 133 Å². The van der Waals surface area contributed by atoms with Crippen molar-refractivity contribution in [2.45, 2.75) is 13.3 Å². The fourth-order valence-corrected chi connectivity index (χ4v) is 2.18.